The Morgan fingerprint density at radius 1 is 1.11 bits per heavy atom. The second-order valence-electron chi connectivity index (χ2n) is 4.42. The first kappa shape index (κ1) is 13.7. The van der Waals surface area contributed by atoms with E-state index in [1.54, 1.807) is 11.0 Å². The van der Waals surface area contributed by atoms with E-state index >= 15 is 0 Å². The van der Waals surface area contributed by atoms with Crippen LogP contribution in [0, 0.1) is 0 Å². The van der Waals surface area contributed by atoms with Crippen LogP contribution in [0.1, 0.15) is 25.0 Å². The predicted octanol–water partition coefficient (Wildman–Crippen LogP) is 1.52. The summed E-state index contributed by atoms with van der Waals surface area (Å²) < 4.78 is 0. The van der Waals surface area contributed by atoms with Gasteiger partial charge in [-0.25, -0.2) is 0 Å². The summed E-state index contributed by atoms with van der Waals surface area (Å²) in [5.74, 6) is 0. The van der Waals surface area contributed by atoms with Crippen molar-refractivity contribution in [3.8, 4) is 5.69 Å². The van der Waals surface area contributed by atoms with Crippen LogP contribution >= 0.6 is 0 Å². The van der Waals surface area contributed by atoms with E-state index in [0.717, 1.165) is 43.7 Å². The Morgan fingerprint density at radius 2 is 1.95 bits per heavy atom. The van der Waals surface area contributed by atoms with E-state index in [1.807, 2.05) is 30.3 Å². The second-order valence-corrected chi connectivity index (χ2v) is 4.42. The molecule has 2 aromatic rings. The monoisotopic (exact) mass is 260 g/mol. The van der Waals surface area contributed by atoms with Crippen LogP contribution in [0.2, 0.25) is 0 Å². The molecular weight excluding hydrogens is 240 g/mol. The van der Waals surface area contributed by atoms with Crippen molar-refractivity contribution in [2.45, 2.75) is 25.8 Å². The van der Waals surface area contributed by atoms with Crippen molar-refractivity contribution in [3.63, 3.8) is 0 Å². The van der Waals surface area contributed by atoms with Crippen LogP contribution in [-0.4, -0.2) is 33.3 Å². The lowest BCUT2D eigenvalue weighted by molar-refractivity contribution is 0.283. The number of nitrogens with zero attached hydrogens (tertiary/aromatic N) is 3. The lowest BCUT2D eigenvalue weighted by Gasteiger charge is -2.01. The Labute approximate surface area is 113 Å². The van der Waals surface area contributed by atoms with Crippen molar-refractivity contribution >= 4 is 0 Å². The Balaban J connectivity index is 1.75. The van der Waals surface area contributed by atoms with Crippen LogP contribution in [0.3, 0.4) is 0 Å². The number of aliphatic hydroxyl groups excluding tert-OH is 1. The highest BCUT2D eigenvalue weighted by Gasteiger charge is 2.01. The maximum atomic E-state index is 8.67. The molecule has 0 saturated carbocycles. The highest BCUT2D eigenvalue weighted by Crippen LogP contribution is 2.04. The standard InChI is InChI=1S/C14H20N4O/c19-10-6-2-5-9-15-11-13-12-16-18(17-13)14-7-3-1-4-8-14/h1,3-4,7-8,12,15,19H,2,5-6,9-11H2. The third-order valence-electron chi connectivity index (χ3n) is 2.84. The highest BCUT2D eigenvalue weighted by molar-refractivity contribution is 5.28. The summed E-state index contributed by atoms with van der Waals surface area (Å²) >= 11 is 0. The molecule has 1 aromatic carbocycles. The Morgan fingerprint density at radius 3 is 2.74 bits per heavy atom. The van der Waals surface area contributed by atoms with E-state index < -0.39 is 0 Å². The summed E-state index contributed by atoms with van der Waals surface area (Å²) in [7, 11) is 0. The Bertz CT molecular complexity index is 469. The molecule has 0 bridgehead atoms. The SMILES string of the molecule is OCCCCCNCc1cnn(-c2ccccc2)n1. The number of hydrogen-bond donors (Lipinski definition) is 2. The summed E-state index contributed by atoms with van der Waals surface area (Å²) in [5, 5.41) is 20.7. The topological polar surface area (TPSA) is 63.0 Å². The van der Waals surface area contributed by atoms with Gasteiger partial charge in [0.2, 0.25) is 0 Å². The lowest BCUT2D eigenvalue weighted by Crippen LogP contribution is -2.15. The molecule has 1 heterocycles. The van der Waals surface area contributed by atoms with Crippen molar-refractivity contribution in [3.05, 3.63) is 42.2 Å². The van der Waals surface area contributed by atoms with Gasteiger partial charge in [0.15, 0.2) is 0 Å². The minimum absolute atomic E-state index is 0.283. The minimum atomic E-state index is 0.283. The molecular formula is C14H20N4O. The molecule has 1 aromatic heterocycles. The molecule has 0 aliphatic rings. The van der Waals surface area contributed by atoms with E-state index in [0.29, 0.717) is 0 Å². The van der Waals surface area contributed by atoms with Gasteiger partial charge in [0.05, 0.1) is 17.6 Å². The van der Waals surface area contributed by atoms with Crippen molar-refractivity contribution < 1.29 is 5.11 Å². The van der Waals surface area contributed by atoms with Crippen LogP contribution in [0.4, 0.5) is 0 Å². The summed E-state index contributed by atoms with van der Waals surface area (Å²) in [4.78, 5) is 1.64. The Kier molecular flexibility index (Phi) is 5.52. The molecule has 0 saturated heterocycles. The van der Waals surface area contributed by atoms with Gasteiger partial charge >= 0.3 is 0 Å². The number of benzene rings is 1. The number of hydrogen-bond acceptors (Lipinski definition) is 4. The fourth-order valence-corrected chi connectivity index (χ4v) is 1.82. The van der Waals surface area contributed by atoms with Gasteiger partial charge in [-0.1, -0.05) is 18.2 Å². The van der Waals surface area contributed by atoms with Crippen LogP contribution in [0.5, 0.6) is 0 Å². The van der Waals surface area contributed by atoms with Crippen molar-refractivity contribution in [1.29, 1.82) is 0 Å². The van der Waals surface area contributed by atoms with Gasteiger partial charge in [-0.05, 0) is 37.9 Å². The van der Waals surface area contributed by atoms with Crippen LogP contribution in [-0.2, 0) is 6.54 Å². The van der Waals surface area contributed by atoms with Crippen LogP contribution < -0.4 is 5.32 Å². The van der Waals surface area contributed by atoms with E-state index in [9.17, 15) is 0 Å². The molecule has 2 N–H and O–H groups in total. The van der Waals surface area contributed by atoms with Crippen molar-refractivity contribution in [2.75, 3.05) is 13.2 Å². The van der Waals surface area contributed by atoms with E-state index in [4.69, 9.17) is 5.11 Å². The molecule has 0 unspecified atom stereocenters. The third-order valence-corrected chi connectivity index (χ3v) is 2.84. The third kappa shape index (κ3) is 4.46. The molecule has 0 fully saturated rings. The maximum absolute atomic E-state index is 8.67. The second kappa shape index (κ2) is 7.66. The summed E-state index contributed by atoms with van der Waals surface area (Å²) in [6.07, 6.45) is 4.80. The van der Waals surface area contributed by atoms with E-state index in [2.05, 4.69) is 15.5 Å². The van der Waals surface area contributed by atoms with Gasteiger partial charge in [0.1, 0.15) is 0 Å². The summed E-state index contributed by atoms with van der Waals surface area (Å²) in [6, 6.07) is 9.87. The zero-order valence-electron chi connectivity index (χ0n) is 11.0. The molecule has 102 valence electrons. The molecule has 0 amide bonds. The van der Waals surface area contributed by atoms with Gasteiger partial charge in [0.25, 0.3) is 0 Å². The summed E-state index contributed by atoms with van der Waals surface area (Å²) in [6.45, 7) is 1.95. The molecule has 5 nitrogen and oxygen atoms in total. The summed E-state index contributed by atoms with van der Waals surface area (Å²) in [5.41, 5.74) is 1.91. The molecule has 2 rings (SSSR count). The predicted molar refractivity (Wildman–Crippen MR) is 74.0 cm³/mol. The van der Waals surface area contributed by atoms with Crippen molar-refractivity contribution in [2.24, 2.45) is 0 Å². The number of unbranched alkanes of at least 4 members (excludes halogenated alkanes) is 2. The van der Waals surface area contributed by atoms with Gasteiger partial charge in [-0.15, -0.1) is 0 Å². The average Bonchev–Trinajstić information content (AvgIpc) is 2.92. The molecule has 0 atom stereocenters. The highest BCUT2D eigenvalue weighted by atomic mass is 16.2. The molecule has 0 aliphatic heterocycles. The fourth-order valence-electron chi connectivity index (χ4n) is 1.82. The number of nitrogens with one attached hydrogen (secondary N) is 1. The minimum Gasteiger partial charge on any atom is -0.396 e. The first-order chi connectivity index (χ1) is 9.40. The smallest absolute Gasteiger partial charge is 0.0969 e. The number of para-hydroxylation sites is 1. The number of aromatic nitrogens is 3. The molecule has 0 aliphatic carbocycles. The van der Waals surface area contributed by atoms with E-state index in [1.165, 1.54) is 0 Å². The molecule has 19 heavy (non-hydrogen) atoms. The first-order valence-electron chi connectivity index (χ1n) is 6.68. The fraction of sp³-hybridized carbons (Fsp3) is 0.429. The molecule has 0 spiro atoms. The largest absolute Gasteiger partial charge is 0.396 e. The Hall–Kier alpha value is -1.72. The quantitative estimate of drug-likeness (QED) is 0.706. The molecule has 0 radical (unpaired) electrons. The normalized spacial score (nSPS) is 10.8. The van der Waals surface area contributed by atoms with Gasteiger partial charge in [-0.3, -0.25) is 0 Å². The van der Waals surface area contributed by atoms with Gasteiger partial charge in [0, 0.05) is 13.2 Å². The van der Waals surface area contributed by atoms with Crippen LogP contribution in [0.25, 0.3) is 5.69 Å². The van der Waals surface area contributed by atoms with Crippen molar-refractivity contribution in [1.82, 2.24) is 20.3 Å². The van der Waals surface area contributed by atoms with Gasteiger partial charge < -0.3 is 10.4 Å². The number of rotatable bonds is 8. The maximum Gasteiger partial charge on any atom is 0.0969 e. The number of aliphatic hydroxyl groups is 1. The lowest BCUT2D eigenvalue weighted by atomic mass is 10.2. The average molecular weight is 260 g/mol. The zero-order chi connectivity index (χ0) is 13.3. The van der Waals surface area contributed by atoms with E-state index in [-0.39, 0.29) is 6.61 Å². The first-order valence-corrected chi connectivity index (χ1v) is 6.68. The zero-order valence-corrected chi connectivity index (χ0v) is 11.0. The van der Waals surface area contributed by atoms with Crippen LogP contribution in [0.15, 0.2) is 36.5 Å². The molecule has 5 heteroatoms. The van der Waals surface area contributed by atoms with Gasteiger partial charge in [-0.2, -0.15) is 15.0 Å².